The number of amides is 1. The van der Waals surface area contributed by atoms with Gasteiger partial charge in [-0.2, -0.15) is 5.10 Å². The molecule has 7 nitrogen and oxygen atoms in total. The topological polar surface area (TPSA) is 65.8 Å². The summed E-state index contributed by atoms with van der Waals surface area (Å²) in [5, 5.41) is 8.07. The molecule has 0 unspecified atom stereocenters. The smallest absolute Gasteiger partial charge is 0.219 e. The molecule has 1 N–H and O–H groups in total. The summed E-state index contributed by atoms with van der Waals surface area (Å²) in [6.07, 6.45) is 8.39. The second-order valence-corrected chi connectivity index (χ2v) is 8.52. The summed E-state index contributed by atoms with van der Waals surface area (Å²) in [7, 11) is 0. The Hall–Kier alpha value is -2.15. The number of piperazine rings is 1. The lowest BCUT2D eigenvalue weighted by Gasteiger charge is -2.42. The monoisotopic (exact) mass is 384 g/mol. The fourth-order valence-electron chi connectivity index (χ4n) is 4.73. The van der Waals surface area contributed by atoms with Gasteiger partial charge in [-0.25, -0.2) is 9.50 Å². The van der Waals surface area contributed by atoms with Crippen molar-refractivity contribution in [3.05, 3.63) is 24.2 Å². The predicted octanol–water partition coefficient (Wildman–Crippen LogP) is 2.74. The molecule has 0 spiro atoms. The van der Waals surface area contributed by atoms with E-state index in [1.54, 1.807) is 13.3 Å². The Balaban J connectivity index is 1.36. The molecule has 0 atom stereocenters. The summed E-state index contributed by atoms with van der Waals surface area (Å²) in [5.41, 5.74) is 2.40. The third kappa shape index (κ3) is 3.85. The molecule has 4 rings (SSSR count). The molecule has 1 aliphatic heterocycles. The van der Waals surface area contributed by atoms with Gasteiger partial charge >= 0.3 is 0 Å². The number of nitrogens with zero attached hydrogens (tertiary/aromatic N) is 5. The van der Waals surface area contributed by atoms with Gasteiger partial charge in [-0.3, -0.25) is 9.69 Å². The molecule has 28 heavy (non-hydrogen) atoms. The zero-order valence-electron chi connectivity index (χ0n) is 17.3. The van der Waals surface area contributed by atoms with Crippen LogP contribution in [0.5, 0.6) is 0 Å². The number of hydrogen-bond acceptors (Lipinski definition) is 5. The van der Waals surface area contributed by atoms with Crippen molar-refractivity contribution in [3.8, 4) is 0 Å². The van der Waals surface area contributed by atoms with Gasteiger partial charge in [-0.1, -0.05) is 13.8 Å². The molecular formula is C21H32N6O. The van der Waals surface area contributed by atoms with E-state index in [0.29, 0.717) is 18.0 Å². The van der Waals surface area contributed by atoms with Gasteiger partial charge in [0, 0.05) is 51.4 Å². The molecule has 1 saturated heterocycles. The predicted molar refractivity (Wildman–Crippen MR) is 111 cm³/mol. The standard InChI is InChI=1S/C21H32N6O/c1-15(2)19-8-9-27-20(19)21(22-14-23-27)24-17-4-6-18(7-5-17)26-12-10-25(11-13-26)16(3)28/h8-9,14-15,17-18H,4-7,10-13H2,1-3H3,(H,22,23,24). The van der Waals surface area contributed by atoms with Gasteiger partial charge in [-0.15, -0.1) is 0 Å². The normalized spacial score (nSPS) is 24.1. The zero-order chi connectivity index (χ0) is 19.7. The Bertz CT molecular complexity index is 815. The van der Waals surface area contributed by atoms with Crippen LogP contribution in [0.4, 0.5) is 5.82 Å². The van der Waals surface area contributed by atoms with Crippen LogP contribution in [0.15, 0.2) is 18.6 Å². The maximum absolute atomic E-state index is 11.5. The third-order valence-corrected chi connectivity index (χ3v) is 6.42. The molecule has 2 fully saturated rings. The average Bonchev–Trinajstić information content (AvgIpc) is 3.14. The van der Waals surface area contributed by atoms with Crippen LogP contribution in [-0.4, -0.2) is 68.6 Å². The minimum absolute atomic E-state index is 0.204. The molecule has 1 saturated carbocycles. The Morgan fingerprint density at radius 3 is 2.50 bits per heavy atom. The SMILES string of the molecule is CC(=O)N1CCN(C2CCC(Nc3ncnn4ccc(C(C)C)c34)CC2)CC1. The Kier molecular flexibility index (Phi) is 5.53. The van der Waals surface area contributed by atoms with Crippen LogP contribution < -0.4 is 5.32 Å². The zero-order valence-corrected chi connectivity index (χ0v) is 17.3. The minimum atomic E-state index is 0.204. The first kappa shape index (κ1) is 19.2. The summed E-state index contributed by atoms with van der Waals surface area (Å²) in [6.45, 7) is 9.86. The van der Waals surface area contributed by atoms with Crippen molar-refractivity contribution in [2.24, 2.45) is 0 Å². The quantitative estimate of drug-likeness (QED) is 0.878. The highest BCUT2D eigenvalue weighted by Crippen LogP contribution is 2.30. The number of nitrogens with one attached hydrogen (secondary N) is 1. The Morgan fingerprint density at radius 1 is 1.14 bits per heavy atom. The van der Waals surface area contributed by atoms with E-state index < -0.39 is 0 Å². The molecule has 7 heteroatoms. The second kappa shape index (κ2) is 8.07. The number of anilines is 1. The molecule has 2 aliphatic rings. The fraction of sp³-hybridized carbons (Fsp3) is 0.667. The van der Waals surface area contributed by atoms with Crippen molar-refractivity contribution in [1.29, 1.82) is 0 Å². The largest absolute Gasteiger partial charge is 0.365 e. The molecule has 3 heterocycles. The van der Waals surface area contributed by atoms with Crippen LogP contribution in [0.25, 0.3) is 5.52 Å². The number of carbonyl (C=O) groups is 1. The second-order valence-electron chi connectivity index (χ2n) is 8.52. The number of carbonyl (C=O) groups excluding carboxylic acids is 1. The lowest BCUT2D eigenvalue weighted by molar-refractivity contribution is -0.131. The van der Waals surface area contributed by atoms with Crippen molar-refractivity contribution in [1.82, 2.24) is 24.4 Å². The highest BCUT2D eigenvalue weighted by atomic mass is 16.2. The van der Waals surface area contributed by atoms with Gasteiger partial charge < -0.3 is 10.2 Å². The van der Waals surface area contributed by atoms with Crippen LogP contribution in [-0.2, 0) is 4.79 Å². The lowest BCUT2D eigenvalue weighted by atomic mass is 9.89. The third-order valence-electron chi connectivity index (χ3n) is 6.42. The van der Waals surface area contributed by atoms with Crippen molar-refractivity contribution < 1.29 is 4.79 Å². The molecule has 0 bridgehead atoms. The number of rotatable bonds is 4. The molecule has 1 amide bonds. The molecule has 0 radical (unpaired) electrons. The first-order valence-corrected chi connectivity index (χ1v) is 10.6. The van der Waals surface area contributed by atoms with Crippen LogP contribution in [0.3, 0.4) is 0 Å². The van der Waals surface area contributed by atoms with Gasteiger partial charge in [0.1, 0.15) is 11.8 Å². The number of fused-ring (bicyclic) bond motifs is 1. The lowest BCUT2D eigenvalue weighted by Crippen LogP contribution is -2.52. The molecule has 2 aromatic heterocycles. The first-order chi connectivity index (χ1) is 13.5. The van der Waals surface area contributed by atoms with E-state index >= 15 is 0 Å². The van der Waals surface area contributed by atoms with Gasteiger partial charge in [0.15, 0.2) is 5.82 Å². The van der Waals surface area contributed by atoms with Crippen LogP contribution in [0, 0.1) is 0 Å². The van der Waals surface area contributed by atoms with E-state index in [1.807, 2.05) is 15.6 Å². The van der Waals surface area contributed by atoms with Crippen molar-refractivity contribution in [3.63, 3.8) is 0 Å². The summed E-state index contributed by atoms with van der Waals surface area (Å²) in [4.78, 5) is 20.6. The van der Waals surface area contributed by atoms with Gasteiger partial charge in [-0.05, 0) is 43.2 Å². The van der Waals surface area contributed by atoms with E-state index in [-0.39, 0.29) is 5.91 Å². The molecule has 1 aliphatic carbocycles. The van der Waals surface area contributed by atoms with Crippen LogP contribution >= 0.6 is 0 Å². The van der Waals surface area contributed by atoms with Gasteiger partial charge in [0.2, 0.25) is 5.91 Å². The average molecular weight is 385 g/mol. The Labute approximate surface area is 167 Å². The van der Waals surface area contributed by atoms with Crippen LogP contribution in [0.2, 0.25) is 0 Å². The summed E-state index contributed by atoms with van der Waals surface area (Å²) >= 11 is 0. The molecular weight excluding hydrogens is 352 g/mol. The minimum Gasteiger partial charge on any atom is -0.365 e. The highest BCUT2D eigenvalue weighted by molar-refractivity contribution is 5.73. The Morgan fingerprint density at radius 2 is 1.86 bits per heavy atom. The molecule has 2 aromatic rings. The summed E-state index contributed by atoms with van der Waals surface area (Å²) < 4.78 is 1.94. The number of hydrogen-bond donors (Lipinski definition) is 1. The van der Waals surface area contributed by atoms with Crippen molar-refractivity contribution in [2.75, 3.05) is 31.5 Å². The maximum atomic E-state index is 11.5. The highest BCUT2D eigenvalue weighted by Gasteiger charge is 2.29. The summed E-state index contributed by atoms with van der Waals surface area (Å²) in [6, 6.07) is 3.26. The van der Waals surface area contributed by atoms with Crippen molar-refractivity contribution >= 4 is 17.2 Å². The fourth-order valence-corrected chi connectivity index (χ4v) is 4.73. The van der Waals surface area contributed by atoms with Crippen molar-refractivity contribution in [2.45, 2.75) is 64.5 Å². The molecule has 152 valence electrons. The van der Waals surface area contributed by atoms with E-state index in [9.17, 15) is 4.79 Å². The summed E-state index contributed by atoms with van der Waals surface area (Å²) in [5.74, 6) is 1.61. The van der Waals surface area contributed by atoms with E-state index in [0.717, 1.165) is 50.4 Å². The number of aromatic nitrogens is 3. The van der Waals surface area contributed by atoms with Gasteiger partial charge in [0.05, 0.1) is 0 Å². The first-order valence-electron chi connectivity index (χ1n) is 10.6. The van der Waals surface area contributed by atoms with Crippen LogP contribution in [0.1, 0.15) is 57.9 Å². The van der Waals surface area contributed by atoms with E-state index in [1.165, 1.54) is 18.4 Å². The molecule has 0 aromatic carbocycles. The maximum Gasteiger partial charge on any atom is 0.219 e. The van der Waals surface area contributed by atoms with E-state index in [4.69, 9.17) is 0 Å². The van der Waals surface area contributed by atoms with E-state index in [2.05, 4.69) is 40.2 Å². The van der Waals surface area contributed by atoms with Gasteiger partial charge in [0.25, 0.3) is 0 Å².